The number of carbonyl (C=O) groups is 1. The molecule has 0 aliphatic heterocycles. The number of amides is 1. The molecular weight excluding hydrogens is 290 g/mol. The highest BCUT2D eigenvalue weighted by Crippen LogP contribution is 2.44. The number of hydrogen-bond acceptors (Lipinski definition) is 6. The SMILES string of the molecule is COc1c(NC2CCCC2OC)sc(C(=O)N(C)C)c1N. The van der Waals surface area contributed by atoms with Crippen LogP contribution in [0.4, 0.5) is 10.7 Å². The average Bonchev–Trinajstić information content (AvgIpc) is 3.02. The summed E-state index contributed by atoms with van der Waals surface area (Å²) in [6, 6.07) is 0.226. The number of methoxy groups -OCH3 is 2. The Balaban J connectivity index is 2.27. The van der Waals surface area contributed by atoms with Crippen LogP contribution in [-0.4, -0.2) is 51.3 Å². The Morgan fingerprint density at radius 2 is 2.10 bits per heavy atom. The molecule has 2 atom stereocenters. The molecule has 3 N–H and O–H groups in total. The fraction of sp³-hybridized carbons (Fsp3) is 0.643. The van der Waals surface area contributed by atoms with Gasteiger partial charge < -0.3 is 25.4 Å². The largest absolute Gasteiger partial charge is 0.492 e. The van der Waals surface area contributed by atoms with Gasteiger partial charge in [-0.15, -0.1) is 11.3 Å². The van der Waals surface area contributed by atoms with E-state index in [4.69, 9.17) is 15.2 Å². The Labute approximate surface area is 129 Å². The van der Waals surface area contributed by atoms with E-state index in [1.165, 1.54) is 16.2 Å². The van der Waals surface area contributed by atoms with Crippen molar-refractivity contribution in [2.75, 3.05) is 39.4 Å². The number of rotatable bonds is 5. The first-order chi connectivity index (χ1) is 9.99. The summed E-state index contributed by atoms with van der Waals surface area (Å²) >= 11 is 1.34. The predicted octanol–water partition coefficient (Wildman–Crippen LogP) is 2.02. The van der Waals surface area contributed by atoms with Gasteiger partial charge in [-0.1, -0.05) is 0 Å². The van der Waals surface area contributed by atoms with Crippen LogP contribution >= 0.6 is 11.3 Å². The van der Waals surface area contributed by atoms with Crippen LogP contribution < -0.4 is 15.8 Å². The second-order valence-corrected chi connectivity index (χ2v) is 6.38. The third kappa shape index (κ3) is 3.08. The van der Waals surface area contributed by atoms with Gasteiger partial charge in [-0.2, -0.15) is 0 Å². The molecular formula is C14H23N3O3S. The number of anilines is 2. The average molecular weight is 313 g/mol. The van der Waals surface area contributed by atoms with Gasteiger partial charge in [0.2, 0.25) is 0 Å². The van der Waals surface area contributed by atoms with Crippen molar-refractivity contribution >= 4 is 27.9 Å². The summed E-state index contributed by atoms with van der Waals surface area (Å²) in [6.07, 6.45) is 3.39. The zero-order valence-electron chi connectivity index (χ0n) is 12.9. The molecule has 1 heterocycles. The van der Waals surface area contributed by atoms with Gasteiger partial charge in [-0.05, 0) is 19.3 Å². The van der Waals surface area contributed by atoms with E-state index in [-0.39, 0.29) is 18.1 Å². The van der Waals surface area contributed by atoms with Gasteiger partial charge >= 0.3 is 0 Å². The quantitative estimate of drug-likeness (QED) is 0.869. The van der Waals surface area contributed by atoms with Crippen LogP contribution in [0.3, 0.4) is 0 Å². The molecule has 1 fully saturated rings. The Bertz CT molecular complexity index is 516. The van der Waals surface area contributed by atoms with Crippen LogP contribution in [0.25, 0.3) is 0 Å². The molecule has 1 aliphatic rings. The number of nitrogen functional groups attached to an aromatic ring is 1. The fourth-order valence-electron chi connectivity index (χ4n) is 2.63. The van der Waals surface area contributed by atoms with Gasteiger partial charge in [0.1, 0.15) is 15.6 Å². The minimum Gasteiger partial charge on any atom is -0.492 e. The molecule has 1 saturated carbocycles. The van der Waals surface area contributed by atoms with Crippen molar-refractivity contribution in [2.24, 2.45) is 0 Å². The third-order valence-electron chi connectivity index (χ3n) is 3.78. The van der Waals surface area contributed by atoms with Crippen molar-refractivity contribution in [2.45, 2.75) is 31.4 Å². The van der Waals surface area contributed by atoms with Crippen LogP contribution in [0, 0.1) is 0 Å². The summed E-state index contributed by atoms with van der Waals surface area (Å²) in [4.78, 5) is 14.2. The van der Waals surface area contributed by atoms with Gasteiger partial charge in [-0.3, -0.25) is 4.79 Å². The van der Waals surface area contributed by atoms with Crippen LogP contribution in [0.1, 0.15) is 28.9 Å². The Morgan fingerprint density at radius 3 is 2.67 bits per heavy atom. The van der Waals surface area contributed by atoms with Crippen molar-refractivity contribution in [3.05, 3.63) is 4.88 Å². The molecule has 0 saturated heterocycles. The van der Waals surface area contributed by atoms with Crippen molar-refractivity contribution in [3.8, 4) is 5.75 Å². The minimum absolute atomic E-state index is 0.112. The molecule has 0 bridgehead atoms. The highest BCUT2D eigenvalue weighted by atomic mass is 32.1. The molecule has 1 aromatic rings. The number of thiophene rings is 1. The molecule has 0 radical (unpaired) electrons. The number of nitrogens with one attached hydrogen (secondary N) is 1. The van der Waals surface area contributed by atoms with E-state index < -0.39 is 0 Å². The van der Waals surface area contributed by atoms with E-state index in [9.17, 15) is 4.79 Å². The van der Waals surface area contributed by atoms with Crippen molar-refractivity contribution in [3.63, 3.8) is 0 Å². The lowest BCUT2D eigenvalue weighted by Gasteiger charge is -2.20. The maximum atomic E-state index is 12.2. The first kappa shape index (κ1) is 15.9. The normalized spacial score (nSPS) is 21.3. The lowest BCUT2D eigenvalue weighted by Crippen LogP contribution is -2.29. The van der Waals surface area contributed by atoms with Crippen LogP contribution in [0.15, 0.2) is 0 Å². The molecule has 1 aromatic heterocycles. The molecule has 7 heteroatoms. The highest BCUT2D eigenvalue weighted by molar-refractivity contribution is 7.19. The zero-order chi connectivity index (χ0) is 15.6. The van der Waals surface area contributed by atoms with Crippen molar-refractivity contribution < 1.29 is 14.3 Å². The monoisotopic (exact) mass is 313 g/mol. The smallest absolute Gasteiger partial charge is 0.265 e. The van der Waals surface area contributed by atoms with E-state index in [1.807, 2.05) is 0 Å². The number of carbonyl (C=O) groups excluding carboxylic acids is 1. The zero-order valence-corrected chi connectivity index (χ0v) is 13.8. The summed E-state index contributed by atoms with van der Waals surface area (Å²) in [5.74, 6) is 0.436. The molecule has 6 nitrogen and oxygen atoms in total. The maximum Gasteiger partial charge on any atom is 0.265 e. The van der Waals surface area contributed by atoms with Crippen LogP contribution in [0.5, 0.6) is 5.75 Å². The fourth-order valence-corrected chi connectivity index (χ4v) is 3.80. The Morgan fingerprint density at radius 1 is 1.38 bits per heavy atom. The molecule has 1 aliphatic carbocycles. The molecule has 21 heavy (non-hydrogen) atoms. The van der Waals surface area contributed by atoms with Crippen LogP contribution in [-0.2, 0) is 4.74 Å². The number of hydrogen-bond donors (Lipinski definition) is 2. The van der Waals surface area contributed by atoms with Gasteiger partial charge in [0, 0.05) is 21.2 Å². The van der Waals surface area contributed by atoms with Gasteiger partial charge in [-0.25, -0.2) is 0 Å². The summed E-state index contributed by atoms with van der Waals surface area (Å²) in [5.41, 5.74) is 6.46. The highest BCUT2D eigenvalue weighted by Gasteiger charge is 2.30. The van der Waals surface area contributed by atoms with Gasteiger partial charge in [0.15, 0.2) is 5.75 Å². The van der Waals surface area contributed by atoms with Crippen molar-refractivity contribution in [1.29, 1.82) is 0 Å². The number of nitrogens with zero attached hydrogens (tertiary/aromatic N) is 1. The summed E-state index contributed by atoms with van der Waals surface area (Å²) in [6.45, 7) is 0. The topological polar surface area (TPSA) is 76.8 Å². The molecule has 0 aromatic carbocycles. The first-order valence-corrected chi connectivity index (χ1v) is 7.78. The van der Waals surface area contributed by atoms with E-state index in [0.717, 1.165) is 24.3 Å². The van der Waals surface area contributed by atoms with Gasteiger partial charge in [0.05, 0.1) is 19.3 Å². The molecule has 0 spiro atoms. The van der Waals surface area contributed by atoms with Crippen molar-refractivity contribution in [1.82, 2.24) is 4.90 Å². The summed E-state index contributed by atoms with van der Waals surface area (Å²) in [7, 11) is 6.71. The molecule has 2 unspecified atom stereocenters. The lowest BCUT2D eigenvalue weighted by atomic mass is 10.2. The molecule has 1 amide bonds. The van der Waals surface area contributed by atoms with Gasteiger partial charge in [0.25, 0.3) is 5.91 Å². The number of nitrogens with two attached hydrogens (primary N) is 1. The van der Waals surface area contributed by atoms with Crippen LogP contribution in [0.2, 0.25) is 0 Å². The van der Waals surface area contributed by atoms with E-state index in [2.05, 4.69) is 5.32 Å². The van der Waals surface area contributed by atoms with E-state index in [1.54, 1.807) is 28.3 Å². The second-order valence-electron chi connectivity index (χ2n) is 5.36. The first-order valence-electron chi connectivity index (χ1n) is 6.96. The summed E-state index contributed by atoms with van der Waals surface area (Å²) < 4.78 is 10.9. The molecule has 2 rings (SSSR count). The van der Waals surface area contributed by atoms with E-state index >= 15 is 0 Å². The predicted molar refractivity (Wildman–Crippen MR) is 85.4 cm³/mol. The second kappa shape index (κ2) is 6.53. The minimum atomic E-state index is -0.112. The lowest BCUT2D eigenvalue weighted by molar-refractivity contribution is 0.0833. The maximum absolute atomic E-state index is 12.2. The Hall–Kier alpha value is -1.47. The standard InChI is InChI=1S/C14H23N3O3S/c1-17(2)14(18)12-10(15)11(20-4)13(21-12)16-8-6-5-7-9(8)19-3/h8-9,16H,5-7,15H2,1-4H3. The van der Waals surface area contributed by atoms with E-state index in [0.29, 0.717) is 16.3 Å². The summed E-state index contributed by atoms with van der Waals surface area (Å²) in [5, 5.41) is 4.23. The Kier molecular flexibility index (Phi) is 4.95. The number of ether oxygens (including phenoxy) is 2. The third-order valence-corrected chi connectivity index (χ3v) is 4.88. The molecule has 118 valence electrons.